The van der Waals surface area contributed by atoms with Crippen LogP contribution in [-0.4, -0.2) is 49.6 Å². The number of nitrogens with zero attached hydrogens (tertiary/aromatic N) is 1. The lowest BCUT2D eigenvalue weighted by Gasteiger charge is -2.24. The van der Waals surface area contributed by atoms with Crippen LogP contribution in [0.3, 0.4) is 0 Å². The molecule has 156 valence electrons. The first-order valence-electron chi connectivity index (χ1n) is 10.3. The molecule has 1 aliphatic carbocycles. The summed E-state index contributed by atoms with van der Waals surface area (Å²) in [6.45, 7) is 7.30. The molecule has 0 bridgehead atoms. The zero-order chi connectivity index (χ0) is 20.6. The van der Waals surface area contributed by atoms with Gasteiger partial charge in [0.1, 0.15) is 12.4 Å². The van der Waals surface area contributed by atoms with E-state index in [0.29, 0.717) is 13.2 Å². The third kappa shape index (κ3) is 7.06. The van der Waals surface area contributed by atoms with E-state index in [1.54, 1.807) is 11.9 Å². The van der Waals surface area contributed by atoms with E-state index in [1.807, 2.05) is 18.2 Å². The quantitative estimate of drug-likeness (QED) is 0.750. The minimum absolute atomic E-state index is 0.00602. The molecule has 1 aliphatic rings. The van der Waals surface area contributed by atoms with Crippen molar-refractivity contribution in [1.82, 2.24) is 15.5 Å². The minimum atomic E-state index is -0.260. The maximum Gasteiger partial charge on any atom is 0.315 e. The van der Waals surface area contributed by atoms with E-state index < -0.39 is 0 Å². The van der Waals surface area contributed by atoms with Crippen LogP contribution in [-0.2, 0) is 10.2 Å². The van der Waals surface area contributed by atoms with Gasteiger partial charge in [-0.3, -0.25) is 4.79 Å². The molecule has 2 N–H and O–H groups in total. The summed E-state index contributed by atoms with van der Waals surface area (Å²) < 4.78 is 5.92. The number of urea groups is 1. The molecule has 0 atom stereocenters. The van der Waals surface area contributed by atoms with Gasteiger partial charge in [0.25, 0.3) is 0 Å². The van der Waals surface area contributed by atoms with E-state index in [9.17, 15) is 9.59 Å². The third-order valence-corrected chi connectivity index (χ3v) is 5.15. The Morgan fingerprint density at radius 3 is 2.50 bits per heavy atom. The number of benzene rings is 1. The molecule has 0 spiro atoms. The molecule has 28 heavy (non-hydrogen) atoms. The number of ether oxygens (including phenoxy) is 1. The standard InChI is InChI=1S/C22H35N3O3/c1-22(2,3)18-12-8-9-13-19(18)28-15-14-25(4)20(26)16-23-21(27)24-17-10-6-5-7-11-17/h8-9,12-13,17H,5-7,10-11,14-16H2,1-4H3,(H2,23,24,27). The monoisotopic (exact) mass is 389 g/mol. The second-order valence-electron chi connectivity index (χ2n) is 8.57. The summed E-state index contributed by atoms with van der Waals surface area (Å²) in [5.74, 6) is 0.715. The first-order chi connectivity index (χ1) is 13.3. The molecule has 0 heterocycles. The Morgan fingerprint density at radius 1 is 1.14 bits per heavy atom. The van der Waals surface area contributed by atoms with Crippen LogP contribution in [0.2, 0.25) is 0 Å². The highest BCUT2D eigenvalue weighted by molar-refractivity contribution is 5.83. The molecule has 0 aliphatic heterocycles. The van der Waals surface area contributed by atoms with Crippen molar-refractivity contribution in [3.63, 3.8) is 0 Å². The highest BCUT2D eigenvalue weighted by Gasteiger charge is 2.19. The van der Waals surface area contributed by atoms with Crippen molar-refractivity contribution in [3.05, 3.63) is 29.8 Å². The van der Waals surface area contributed by atoms with Crippen molar-refractivity contribution in [1.29, 1.82) is 0 Å². The number of hydrogen-bond acceptors (Lipinski definition) is 3. The van der Waals surface area contributed by atoms with E-state index >= 15 is 0 Å². The average molecular weight is 390 g/mol. The molecule has 1 saturated carbocycles. The van der Waals surface area contributed by atoms with Gasteiger partial charge in [0.05, 0.1) is 13.1 Å². The van der Waals surface area contributed by atoms with Crippen LogP contribution in [0, 0.1) is 0 Å². The summed E-state index contributed by atoms with van der Waals surface area (Å²) in [6, 6.07) is 7.96. The molecule has 0 radical (unpaired) electrons. The fourth-order valence-electron chi connectivity index (χ4n) is 3.40. The maximum atomic E-state index is 12.2. The van der Waals surface area contributed by atoms with Gasteiger partial charge in [-0.05, 0) is 29.9 Å². The van der Waals surface area contributed by atoms with Crippen LogP contribution >= 0.6 is 0 Å². The Morgan fingerprint density at radius 2 is 1.82 bits per heavy atom. The first kappa shape index (κ1) is 22.1. The third-order valence-electron chi connectivity index (χ3n) is 5.15. The number of carbonyl (C=O) groups excluding carboxylic acids is 2. The number of nitrogens with one attached hydrogen (secondary N) is 2. The number of rotatable bonds is 7. The SMILES string of the molecule is CN(CCOc1ccccc1C(C)(C)C)C(=O)CNC(=O)NC1CCCCC1. The summed E-state index contributed by atoms with van der Waals surface area (Å²) in [5, 5.41) is 5.62. The zero-order valence-corrected chi connectivity index (χ0v) is 17.7. The molecular formula is C22H35N3O3. The minimum Gasteiger partial charge on any atom is -0.491 e. The molecule has 0 saturated heterocycles. The Balaban J connectivity index is 1.70. The van der Waals surface area contributed by atoms with E-state index in [0.717, 1.165) is 37.0 Å². The summed E-state index contributed by atoms with van der Waals surface area (Å²) in [6.07, 6.45) is 5.60. The van der Waals surface area contributed by atoms with E-state index in [-0.39, 0.29) is 29.9 Å². The fraction of sp³-hybridized carbons (Fsp3) is 0.636. The van der Waals surface area contributed by atoms with Crippen molar-refractivity contribution >= 4 is 11.9 Å². The van der Waals surface area contributed by atoms with Gasteiger partial charge in [-0.2, -0.15) is 0 Å². The highest BCUT2D eigenvalue weighted by atomic mass is 16.5. The molecule has 1 fully saturated rings. The number of likely N-dealkylation sites (N-methyl/N-ethyl adjacent to an activating group) is 1. The van der Waals surface area contributed by atoms with Gasteiger partial charge in [0.15, 0.2) is 0 Å². The lowest BCUT2D eigenvalue weighted by Crippen LogP contribution is -2.46. The fourth-order valence-corrected chi connectivity index (χ4v) is 3.40. The zero-order valence-electron chi connectivity index (χ0n) is 17.7. The van der Waals surface area contributed by atoms with Gasteiger partial charge < -0.3 is 20.3 Å². The maximum absolute atomic E-state index is 12.2. The lowest BCUT2D eigenvalue weighted by atomic mass is 9.86. The number of para-hydroxylation sites is 1. The average Bonchev–Trinajstić information content (AvgIpc) is 2.66. The van der Waals surface area contributed by atoms with Crippen molar-refractivity contribution < 1.29 is 14.3 Å². The predicted octanol–water partition coefficient (Wildman–Crippen LogP) is 3.45. The normalized spacial score (nSPS) is 15.0. The van der Waals surface area contributed by atoms with Crippen molar-refractivity contribution in [3.8, 4) is 5.75 Å². The summed E-state index contributed by atoms with van der Waals surface area (Å²) in [7, 11) is 1.72. The van der Waals surface area contributed by atoms with Crippen molar-refractivity contribution in [2.24, 2.45) is 0 Å². The van der Waals surface area contributed by atoms with Gasteiger partial charge >= 0.3 is 6.03 Å². The second kappa shape index (κ2) is 10.3. The van der Waals surface area contributed by atoms with Gasteiger partial charge in [0.2, 0.25) is 5.91 Å². The van der Waals surface area contributed by atoms with Crippen LogP contribution < -0.4 is 15.4 Å². The molecule has 0 aromatic heterocycles. The number of carbonyl (C=O) groups is 2. The summed E-state index contributed by atoms with van der Waals surface area (Å²) in [5.41, 5.74) is 1.14. The summed E-state index contributed by atoms with van der Waals surface area (Å²) in [4.78, 5) is 25.8. The predicted molar refractivity (Wildman–Crippen MR) is 112 cm³/mol. The van der Waals surface area contributed by atoms with Gasteiger partial charge in [-0.25, -0.2) is 4.79 Å². The lowest BCUT2D eigenvalue weighted by molar-refractivity contribution is -0.129. The van der Waals surface area contributed by atoms with E-state index in [4.69, 9.17) is 4.74 Å². The molecule has 1 aromatic rings. The molecule has 1 aromatic carbocycles. The van der Waals surface area contributed by atoms with Gasteiger partial charge in [-0.15, -0.1) is 0 Å². The summed E-state index contributed by atoms with van der Waals surface area (Å²) >= 11 is 0. The number of hydrogen-bond donors (Lipinski definition) is 2. The second-order valence-corrected chi connectivity index (χ2v) is 8.57. The Labute approximate surface area is 169 Å². The molecule has 6 nitrogen and oxygen atoms in total. The number of amides is 3. The van der Waals surface area contributed by atoms with Crippen LogP contribution in [0.4, 0.5) is 4.79 Å². The molecule has 3 amide bonds. The van der Waals surface area contributed by atoms with Crippen molar-refractivity contribution in [2.45, 2.75) is 64.3 Å². The molecule has 2 rings (SSSR count). The van der Waals surface area contributed by atoms with Crippen LogP contribution in [0.15, 0.2) is 24.3 Å². The molecular weight excluding hydrogens is 354 g/mol. The Bertz CT molecular complexity index is 649. The van der Waals surface area contributed by atoms with Gasteiger partial charge in [0, 0.05) is 13.1 Å². The van der Waals surface area contributed by atoms with Gasteiger partial charge in [-0.1, -0.05) is 58.2 Å². The molecule has 0 unspecified atom stereocenters. The first-order valence-corrected chi connectivity index (χ1v) is 10.3. The smallest absolute Gasteiger partial charge is 0.315 e. The topological polar surface area (TPSA) is 70.7 Å². The van der Waals surface area contributed by atoms with Crippen LogP contribution in [0.1, 0.15) is 58.4 Å². The van der Waals surface area contributed by atoms with Crippen molar-refractivity contribution in [2.75, 3.05) is 26.7 Å². The van der Waals surface area contributed by atoms with E-state index in [2.05, 4.69) is 37.5 Å². The van der Waals surface area contributed by atoms with E-state index in [1.165, 1.54) is 6.42 Å². The Kier molecular flexibility index (Phi) is 8.15. The van der Waals surface area contributed by atoms with Crippen LogP contribution in [0.5, 0.6) is 5.75 Å². The highest BCUT2D eigenvalue weighted by Crippen LogP contribution is 2.30. The van der Waals surface area contributed by atoms with Crippen LogP contribution in [0.25, 0.3) is 0 Å². The molecule has 6 heteroatoms. The largest absolute Gasteiger partial charge is 0.491 e. The Hall–Kier alpha value is -2.24.